The summed E-state index contributed by atoms with van der Waals surface area (Å²) < 4.78 is 13.1. The van der Waals surface area contributed by atoms with Crippen molar-refractivity contribution < 1.29 is 4.39 Å². The Morgan fingerprint density at radius 1 is 1.25 bits per heavy atom. The van der Waals surface area contributed by atoms with Gasteiger partial charge in [-0.05, 0) is 44.1 Å². The van der Waals surface area contributed by atoms with Crippen LogP contribution in [0.5, 0.6) is 0 Å². The predicted octanol–water partition coefficient (Wildman–Crippen LogP) is 2.50. The van der Waals surface area contributed by atoms with E-state index in [1.165, 1.54) is 18.6 Å². The summed E-state index contributed by atoms with van der Waals surface area (Å²) in [6.45, 7) is 5.85. The number of hydrogen-bond donors (Lipinski definition) is 1. The average molecular weight is 325 g/mol. The zero-order chi connectivity index (χ0) is 16.9. The van der Waals surface area contributed by atoms with Crippen LogP contribution in [0.3, 0.4) is 0 Å². The molecule has 0 spiro atoms. The lowest BCUT2D eigenvalue weighted by atomic mass is 10.1. The number of anilines is 1. The molecule has 1 aromatic carbocycles. The van der Waals surface area contributed by atoms with Crippen molar-refractivity contribution in [3.63, 3.8) is 0 Å². The van der Waals surface area contributed by atoms with E-state index in [-0.39, 0.29) is 5.82 Å². The first-order chi connectivity index (χ1) is 11.7. The number of halogens is 1. The number of nitrogens with one attached hydrogen (secondary N) is 1. The van der Waals surface area contributed by atoms with Crippen LogP contribution in [0.4, 0.5) is 10.2 Å². The molecule has 0 unspecified atom stereocenters. The van der Waals surface area contributed by atoms with Crippen LogP contribution < -0.4 is 5.32 Å². The highest BCUT2D eigenvalue weighted by molar-refractivity contribution is 5.46. The number of aryl methyl sites for hydroxylation is 1. The van der Waals surface area contributed by atoms with Crippen molar-refractivity contribution in [2.45, 2.75) is 19.8 Å². The molecule has 1 aliphatic rings. The highest BCUT2D eigenvalue weighted by Gasteiger charge is 2.15. The Kier molecular flexibility index (Phi) is 5.02. The SMILES string of the molecule is Cc1nc(NCCN2CCC2)c(Cc2ccc(F)cc2)nc1C#N. The first-order valence-electron chi connectivity index (χ1n) is 8.14. The van der Waals surface area contributed by atoms with Gasteiger partial charge in [-0.1, -0.05) is 12.1 Å². The second-order valence-corrected chi connectivity index (χ2v) is 5.99. The smallest absolute Gasteiger partial charge is 0.162 e. The van der Waals surface area contributed by atoms with Gasteiger partial charge in [-0.25, -0.2) is 14.4 Å². The van der Waals surface area contributed by atoms with Crippen molar-refractivity contribution in [3.05, 3.63) is 52.7 Å². The molecular formula is C18H20FN5. The summed E-state index contributed by atoms with van der Waals surface area (Å²) in [5, 5.41) is 12.5. The van der Waals surface area contributed by atoms with Crippen molar-refractivity contribution in [1.29, 1.82) is 5.26 Å². The third kappa shape index (κ3) is 3.87. The van der Waals surface area contributed by atoms with Crippen molar-refractivity contribution in [3.8, 4) is 6.07 Å². The Labute approximate surface area is 141 Å². The van der Waals surface area contributed by atoms with E-state index in [4.69, 9.17) is 0 Å². The number of aromatic nitrogens is 2. The third-order valence-corrected chi connectivity index (χ3v) is 4.20. The van der Waals surface area contributed by atoms with Crippen LogP contribution in [0.25, 0.3) is 0 Å². The largest absolute Gasteiger partial charge is 0.367 e. The molecule has 2 heterocycles. The van der Waals surface area contributed by atoms with E-state index in [2.05, 4.69) is 26.3 Å². The van der Waals surface area contributed by atoms with E-state index in [1.54, 1.807) is 19.1 Å². The third-order valence-electron chi connectivity index (χ3n) is 4.20. The molecule has 1 fully saturated rings. The van der Waals surface area contributed by atoms with Gasteiger partial charge in [-0.2, -0.15) is 5.26 Å². The van der Waals surface area contributed by atoms with E-state index in [1.807, 2.05) is 0 Å². The van der Waals surface area contributed by atoms with Gasteiger partial charge in [0.15, 0.2) is 5.69 Å². The summed E-state index contributed by atoms with van der Waals surface area (Å²) in [4.78, 5) is 11.3. The number of benzene rings is 1. The first-order valence-corrected chi connectivity index (χ1v) is 8.14. The molecule has 0 saturated carbocycles. The molecule has 124 valence electrons. The number of rotatable bonds is 6. The van der Waals surface area contributed by atoms with Crippen LogP contribution in [0.2, 0.25) is 0 Å². The van der Waals surface area contributed by atoms with Gasteiger partial charge in [0.2, 0.25) is 0 Å². The van der Waals surface area contributed by atoms with Crippen LogP contribution in [-0.4, -0.2) is 41.0 Å². The zero-order valence-electron chi connectivity index (χ0n) is 13.7. The number of nitrogens with zero attached hydrogens (tertiary/aromatic N) is 4. The fourth-order valence-electron chi connectivity index (χ4n) is 2.66. The minimum atomic E-state index is -0.264. The van der Waals surface area contributed by atoms with Crippen molar-refractivity contribution in [2.75, 3.05) is 31.5 Å². The van der Waals surface area contributed by atoms with Gasteiger partial charge in [-0.3, -0.25) is 0 Å². The molecule has 5 nitrogen and oxygen atoms in total. The molecule has 1 saturated heterocycles. The average Bonchev–Trinajstić information content (AvgIpc) is 2.54. The Balaban J connectivity index is 1.78. The molecule has 0 aliphatic carbocycles. The zero-order valence-corrected chi connectivity index (χ0v) is 13.7. The molecule has 24 heavy (non-hydrogen) atoms. The summed E-state index contributed by atoms with van der Waals surface area (Å²) >= 11 is 0. The highest BCUT2D eigenvalue weighted by atomic mass is 19.1. The maximum Gasteiger partial charge on any atom is 0.162 e. The van der Waals surface area contributed by atoms with Crippen molar-refractivity contribution in [2.24, 2.45) is 0 Å². The normalized spacial score (nSPS) is 14.0. The molecule has 2 aromatic rings. The monoisotopic (exact) mass is 325 g/mol. The van der Waals surface area contributed by atoms with E-state index in [0.29, 0.717) is 29.3 Å². The van der Waals surface area contributed by atoms with Gasteiger partial charge in [0.05, 0.1) is 11.4 Å². The first kappa shape index (κ1) is 16.3. The maximum atomic E-state index is 13.1. The van der Waals surface area contributed by atoms with Gasteiger partial charge < -0.3 is 10.2 Å². The number of hydrogen-bond acceptors (Lipinski definition) is 5. The van der Waals surface area contributed by atoms with E-state index >= 15 is 0 Å². The predicted molar refractivity (Wildman–Crippen MR) is 90.2 cm³/mol. The standard InChI is InChI=1S/C18H20FN5/c1-13-17(12-20)23-16(11-14-3-5-15(19)6-4-14)18(22-13)21-7-10-24-8-2-9-24/h3-6H,2,7-11H2,1H3,(H,21,22). The minimum absolute atomic E-state index is 0.264. The fraction of sp³-hybridized carbons (Fsp3) is 0.389. The van der Waals surface area contributed by atoms with Gasteiger partial charge in [0.1, 0.15) is 17.7 Å². The summed E-state index contributed by atoms with van der Waals surface area (Å²) in [6.07, 6.45) is 1.78. The molecule has 0 radical (unpaired) electrons. The lowest BCUT2D eigenvalue weighted by molar-refractivity contribution is 0.189. The lowest BCUT2D eigenvalue weighted by Gasteiger charge is -2.30. The van der Waals surface area contributed by atoms with Gasteiger partial charge in [0.25, 0.3) is 0 Å². The van der Waals surface area contributed by atoms with Crippen LogP contribution in [0.15, 0.2) is 24.3 Å². The van der Waals surface area contributed by atoms with Gasteiger partial charge >= 0.3 is 0 Å². The summed E-state index contributed by atoms with van der Waals surface area (Å²) in [5.41, 5.74) is 2.60. The van der Waals surface area contributed by atoms with E-state index in [9.17, 15) is 9.65 Å². The topological polar surface area (TPSA) is 64.8 Å². The molecule has 1 aliphatic heterocycles. The molecule has 0 amide bonds. The molecule has 0 bridgehead atoms. The Morgan fingerprint density at radius 3 is 2.62 bits per heavy atom. The Morgan fingerprint density at radius 2 is 2.00 bits per heavy atom. The molecule has 0 atom stereocenters. The van der Waals surface area contributed by atoms with Crippen molar-refractivity contribution in [1.82, 2.24) is 14.9 Å². The van der Waals surface area contributed by atoms with E-state index < -0.39 is 0 Å². The fourth-order valence-corrected chi connectivity index (χ4v) is 2.66. The lowest BCUT2D eigenvalue weighted by Crippen LogP contribution is -2.40. The second kappa shape index (κ2) is 7.37. The Hall–Kier alpha value is -2.52. The van der Waals surface area contributed by atoms with Crippen LogP contribution in [0.1, 0.15) is 29.1 Å². The highest BCUT2D eigenvalue weighted by Crippen LogP contribution is 2.18. The summed E-state index contributed by atoms with van der Waals surface area (Å²) in [6, 6.07) is 8.40. The van der Waals surface area contributed by atoms with Gasteiger partial charge in [-0.15, -0.1) is 0 Å². The Bertz CT molecular complexity index is 747. The second-order valence-electron chi connectivity index (χ2n) is 5.99. The molecule has 6 heteroatoms. The number of nitriles is 1. The quantitative estimate of drug-likeness (QED) is 0.884. The minimum Gasteiger partial charge on any atom is -0.367 e. The van der Waals surface area contributed by atoms with E-state index in [0.717, 1.165) is 31.7 Å². The molecule has 3 rings (SSSR count). The van der Waals surface area contributed by atoms with Crippen LogP contribution >= 0.6 is 0 Å². The van der Waals surface area contributed by atoms with Crippen LogP contribution in [-0.2, 0) is 6.42 Å². The molecule has 1 N–H and O–H groups in total. The van der Waals surface area contributed by atoms with Gasteiger partial charge in [0, 0.05) is 19.5 Å². The summed E-state index contributed by atoms with van der Waals surface area (Å²) in [7, 11) is 0. The number of likely N-dealkylation sites (tertiary alicyclic amines) is 1. The summed E-state index contributed by atoms with van der Waals surface area (Å²) in [5.74, 6) is 0.440. The molecule has 1 aromatic heterocycles. The van der Waals surface area contributed by atoms with Crippen molar-refractivity contribution >= 4 is 5.82 Å². The molecular weight excluding hydrogens is 305 g/mol. The van der Waals surface area contributed by atoms with Crippen LogP contribution in [0, 0.1) is 24.1 Å². The maximum absolute atomic E-state index is 13.1.